The predicted molar refractivity (Wildman–Crippen MR) is 142 cm³/mol. The maximum atomic E-state index is 12.3. The summed E-state index contributed by atoms with van der Waals surface area (Å²) in [4.78, 5) is 24.6. The zero-order chi connectivity index (χ0) is 24.7. The summed E-state index contributed by atoms with van der Waals surface area (Å²) in [5, 5.41) is 25.8. The zero-order valence-corrected chi connectivity index (χ0v) is 21.5. The second kappa shape index (κ2) is 11.7. The van der Waals surface area contributed by atoms with Gasteiger partial charge >= 0.3 is 0 Å². The van der Waals surface area contributed by atoms with Crippen LogP contribution >= 0.6 is 22.7 Å². The second-order valence-corrected chi connectivity index (χ2v) is 11.3. The molecule has 10 heteroatoms. The largest absolute Gasteiger partial charge is 0.300 e. The molecule has 0 radical (unpaired) electrons. The summed E-state index contributed by atoms with van der Waals surface area (Å²) >= 11 is 2.92. The number of nitrogens with zero attached hydrogens (tertiary/aromatic N) is 4. The molecule has 2 heterocycles. The first-order valence-corrected chi connectivity index (χ1v) is 13.9. The molecule has 3 aromatic rings. The maximum absolute atomic E-state index is 12.3. The summed E-state index contributed by atoms with van der Waals surface area (Å²) in [6.07, 6.45) is 12.9. The quantitative estimate of drug-likeness (QED) is 0.396. The molecule has 8 nitrogen and oxygen atoms in total. The van der Waals surface area contributed by atoms with Gasteiger partial charge in [-0.25, -0.2) is 0 Å². The van der Waals surface area contributed by atoms with Crippen LogP contribution in [0.5, 0.6) is 0 Å². The summed E-state index contributed by atoms with van der Waals surface area (Å²) in [6, 6.07) is 9.65. The second-order valence-electron chi connectivity index (χ2n) is 9.22. The molecule has 2 amide bonds. The number of carbonyl (C=O) groups is 2. The minimum Gasteiger partial charge on any atom is -0.300 e. The highest BCUT2D eigenvalue weighted by atomic mass is 32.1. The Hall–Kier alpha value is -3.24. The molecule has 0 bridgehead atoms. The van der Waals surface area contributed by atoms with Crippen LogP contribution in [0.25, 0.3) is 0 Å². The Morgan fingerprint density at radius 1 is 0.889 bits per heavy atom. The van der Waals surface area contributed by atoms with E-state index in [0.717, 1.165) is 59.7 Å². The highest BCUT2D eigenvalue weighted by Crippen LogP contribution is 2.41. The van der Waals surface area contributed by atoms with E-state index in [1.165, 1.54) is 22.7 Å². The molecule has 2 N–H and O–H groups in total. The van der Waals surface area contributed by atoms with E-state index < -0.39 is 0 Å². The maximum Gasteiger partial charge on any atom is 0.230 e. The molecular weight excluding hydrogens is 492 g/mol. The van der Waals surface area contributed by atoms with Gasteiger partial charge in [0.2, 0.25) is 22.1 Å². The van der Waals surface area contributed by atoms with Crippen LogP contribution in [0.15, 0.2) is 54.1 Å². The first-order chi connectivity index (χ1) is 17.6. The van der Waals surface area contributed by atoms with Crippen molar-refractivity contribution in [3.63, 3.8) is 0 Å². The van der Waals surface area contributed by atoms with E-state index in [2.05, 4.69) is 43.2 Å². The fourth-order valence-electron chi connectivity index (χ4n) is 4.66. The molecule has 2 atom stereocenters. The van der Waals surface area contributed by atoms with E-state index in [1.807, 2.05) is 36.4 Å². The van der Waals surface area contributed by atoms with E-state index in [9.17, 15) is 9.59 Å². The third-order valence-corrected chi connectivity index (χ3v) is 8.26. The predicted octanol–water partition coefficient (Wildman–Crippen LogP) is 5.30. The van der Waals surface area contributed by atoms with Gasteiger partial charge in [0, 0.05) is 12.3 Å². The number of aromatic nitrogens is 4. The molecular formula is C26H28N6O2S2. The average molecular weight is 521 g/mol. The first-order valence-electron chi connectivity index (χ1n) is 12.3. The number of hydrogen-bond donors (Lipinski definition) is 2. The van der Waals surface area contributed by atoms with Crippen LogP contribution in [0, 0.1) is 5.92 Å². The van der Waals surface area contributed by atoms with Crippen molar-refractivity contribution < 1.29 is 9.59 Å². The number of allylic oxidation sites excluding steroid dienone is 3. The Labute approximate surface area is 218 Å². The minimum atomic E-state index is -0.0871. The Morgan fingerprint density at radius 2 is 1.67 bits per heavy atom. The smallest absolute Gasteiger partial charge is 0.230 e. The van der Waals surface area contributed by atoms with Crippen molar-refractivity contribution in [3.8, 4) is 0 Å². The SMILES string of the molecule is O=C(Cc1ccccc1)Nc1nnc(CC2CCC(c3nnc(NC(=O)CC4=CCCC=C4)s3)C2)s1. The van der Waals surface area contributed by atoms with Crippen LogP contribution in [-0.4, -0.2) is 32.2 Å². The monoisotopic (exact) mass is 520 g/mol. The topological polar surface area (TPSA) is 110 Å². The van der Waals surface area contributed by atoms with Crippen LogP contribution in [0.2, 0.25) is 0 Å². The van der Waals surface area contributed by atoms with E-state index in [0.29, 0.717) is 34.9 Å². The Bertz CT molecular complexity index is 1270. The van der Waals surface area contributed by atoms with Gasteiger partial charge in [0.05, 0.1) is 12.8 Å². The molecule has 186 valence electrons. The molecule has 1 aromatic carbocycles. The van der Waals surface area contributed by atoms with Crippen molar-refractivity contribution in [2.45, 2.75) is 57.3 Å². The van der Waals surface area contributed by atoms with E-state index in [-0.39, 0.29) is 11.8 Å². The van der Waals surface area contributed by atoms with Gasteiger partial charge in [-0.3, -0.25) is 9.59 Å². The number of carbonyl (C=O) groups excluding carboxylic acids is 2. The van der Waals surface area contributed by atoms with Gasteiger partial charge < -0.3 is 10.6 Å². The first kappa shape index (κ1) is 24.5. The van der Waals surface area contributed by atoms with Crippen molar-refractivity contribution in [1.82, 2.24) is 20.4 Å². The van der Waals surface area contributed by atoms with Crippen molar-refractivity contribution in [1.29, 1.82) is 0 Å². The van der Waals surface area contributed by atoms with Gasteiger partial charge in [0.1, 0.15) is 10.0 Å². The van der Waals surface area contributed by atoms with E-state index in [1.54, 1.807) is 0 Å². The summed E-state index contributed by atoms with van der Waals surface area (Å²) in [5.74, 6) is 0.696. The molecule has 1 saturated carbocycles. The van der Waals surface area contributed by atoms with Crippen LogP contribution in [0.4, 0.5) is 10.3 Å². The summed E-state index contributed by atoms with van der Waals surface area (Å²) in [5.41, 5.74) is 2.02. The molecule has 0 spiro atoms. The third kappa shape index (κ3) is 6.70. The van der Waals surface area contributed by atoms with Gasteiger partial charge in [-0.2, -0.15) is 0 Å². The molecule has 1 fully saturated rings. The van der Waals surface area contributed by atoms with Crippen molar-refractivity contribution in [2.75, 3.05) is 10.6 Å². The van der Waals surface area contributed by atoms with Gasteiger partial charge in [-0.05, 0) is 49.2 Å². The van der Waals surface area contributed by atoms with E-state index >= 15 is 0 Å². The lowest BCUT2D eigenvalue weighted by atomic mass is 10.0. The number of amides is 2. The lowest BCUT2D eigenvalue weighted by Crippen LogP contribution is -2.14. The van der Waals surface area contributed by atoms with E-state index in [4.69, 9.17) is 0 Å². The van der Waals surface area contributed by atoms with Crippen molar-refractivity contribution in [2.24, 2.45) is 5.92 Å². The number of rotatable bonds is 9. The normalized spacial score (nSPS) is 19.2. The van der Waals surface area contributed by atoms with Gasteiger partial charge in [-0.1, -0.05) is 71.2 Å². The lowest BCUT2D eigenvalue weighted by molar-refractivity contribution is -0.116. The van der Waals surface area contributed by atoms with Crippen LogP contribution in [-0.2, 0) is 22.4 Å². The van der Waals surface area contributed by atoms with Gasteiger partial charge in [0.15, 0.2) is 0 Å². The molecule has 0 saturated heterocycles. The minimum absolute atomic E-state index is 0.0530. The molecule has 36 heavy (non-hydrogen) atoms. The fourth-order valence-corrected chi connectivity index (χ4v) is 6.44. The number of anilines is 2. The third-order valence-electron chi connectivity index (χ3n) is 6.40. The molecule has 2 unspecified atom stereocenters. The molecule has 0 aliphatic heterocycles. The zero-order valence-electron chi connectivity index (χ0n) is 19.9. The summed E-state index contributed by atoms with van der Waals surface area (Å²) in [7, 11) is 0. The Balaban J connectivity index is 1.08. The molecule has 2 aliphatic rings. The molecule has 2 aliphatic carbocycles. The number of benzene rings is 1. The Morgan fingerprint density at radius 3 is 2.47 bits per heavy atom. The number of hydrogen-bond acceptors (Lipinski definition) is 8. The standard InChI is InChI=1S/C26H28N6O2S2/c33-21(14-17-7-3-1-4-8-17)27-25-31-29-23(35-25)16-19-11-12-20(13-19)24-30-32-26(36-24)28-22(34)15-18-9-5-2-6-10-18/h1,3-5,7-10,19-20H,2,6,11-16H2,(H,27,31,33)(H,28,32,34). The Kier molecular flexibility index (Phi) is 7.92. The average Bonchev–Trinajstić information content (AvgIpc) is 3.62. The van der Waals surface area contributed by atoms with Crippen molar-refractivity contribution >= 4 is 44.8 Å². The van der Waals surface area contributed by atoms with Crippen LogP contribution < -0.4 is 10.6 Å². The summed E-state index contributed by atoms with van der Waals surface area (Å²) in [6.45, 7) is 0. The van der Waals surface area contributed by atoms with Crippen LogP contribution in [0.3, 0.4) is 0 Å². The highest BCUT2D eigenvalue weighted by Gasteiger charge is 2.29. The molecule has 2 aromatic heterocycles. The fraction of sp³-hybridized carbons (Fsp3) is 0.385. The highest BCUT2D eigenvalue weighted by molar-refractivity contribution is 7.15. The molecule has 5 rings (SSSR count). The number of nitrogens with one attached hydrogen (secondary N) is 2. The van der Waals surface area contributed by atoms with Gasteiger partial charge in [-0.15, -0.1) is 20.4 Å². The van der Waals surface area contributed by atoms with Crippen molar-refractivity contribution in [3.05, 3.63) is 69.7 Å². The lowest BCUT2D eigenvalue weighted by Gasteiger charge is -2.07. The van der Waals surface area contributed by atoms with Gasteiger partial charge in [0.25, 0.3) is 0 Å². The summed E-state index contributed by atoms with van der Waals surface area (Å²) < 4.78 is 0. The van der Waals surface area contributed by atoms with Crippen LogP contribution in [0.1, 0.15) is 60.0 Å².